The van der Waals surface area contributed by atoms with Crippen LogP contribution < -0.4 is 5.01 Å². The lowest BCUT2D eigenvalue weighted by Crippen LogP contribution is -2.47. The van der Waals surface area contributed by atoms with Gasteiger partial charge in [0.25, 0.3) is 0 Å². The van der Waals surface area contributed by atoms with Gasteiger partial charge in [-0.2, -0.15) is 0 Å². The van der Waals surface area contributed by atoms with Crippen molar-refractivity contribution < 1.29 is 4.74 Å². The first-order valence-corrected chi connectivity index (χ1v) is 6.40. The predicted octanol–water partition coefficient (Wildman–Crippen LogP) is 1.86. The Morgan fingerprint density at radius 3 is 2.32 bits per heavy atom. The van der Waals surface area contributed by atoms with Crippen molar-refractivity contribution >= 4 is 11.6 Å². The molecule has 5 nitrogen and oxygen atoms in total. The summed E-state index contributed by atoms with van der Waals surface area (Å²) in [6, 6.07) is 12.0. The Morgan fingerprint density at radius 1 is 0.947 bits per heavy atom. The van der Waals surface area contributed by atoms with Crippen LogP contribution in [0, 0.1) is 0 Å². The molecule has 1 aromatic heterocycles. The number of hydrazine groups is 1. The number of hydrogen-bond acceptors (Lipinski definition) is 5. The Bertz CT molecular complexity index is 460. The number of ether oxygens (including phenoxy) is 1. The molecule has 1 fully saturated rings. The van der Waals surface area contributed by atoms with Gasteiger partial charge in [0.2, 0.25) is 5.95 Å². The van der Waals surface area contributed by atoms with Crippen molar-refractivity contribution in [2.24, 2.45) is 0 Å². The lowest BCUT2D eigenvalue weighted by molar-refractivity contribution is 0.0371. The molecule has 1 aliphatic rings. The minimum atomic E-state index is 0.690. The van der Waals surface area contributed by atoms with Crippen LogP contribution in [0.1, 0.15) is 0 Å². The largest absolute Gasteiger partial charge is 0.379 e. The lowest BCUT2D eigenvalue weighted by atomic mass is 10.3. The summed E-state index contributed by atoms with van der Waals surface area (Å²) in [6.07, 6.45) is 3.53. The molecule has 1 aliphatic heterocycles. The Hall–Kier alpha value is -1.98. The van der Waals surface area contributed by atoms with Crippen molar-refractivity contribution in [2.75, 3.05) is 31.3 Å². The summed E-state index contributed by atoms with van der Waals surface area (Å²) in [6.45, 7) is 3.15. The highest BCUT2D eigenvalue weighted by atomic mass is 16.5. The van der Waals surface area contributed by atoms with Crippen molar-refractivity contribution in [1.29, 1.82) is 0 Å². The Balaban J connectivity index is 1.96. The number of nitrogens with zero attached hydrogens (tertiary/aromatic N) is 4. The first kappa shape index (κ1) is 12.1. The molecule has 5 heteroatoms. The highest BCUT2D eigenvalue weighted by Gasteiger charge is 2.22. The van der Waals surface area contributed by atoms with Crippen molar-refractivity contribution in [1.82, 2.24) is 15.0 Å². The van der Waals surface area contributed by atoms with Gasteiger partial charge >= 0.3 is 0 Å². The van der Waals surface area contributed by atoms with Crippen LogP contribution in [-0.4, -0.2) is 41.3 Å². The Kier molecular flexibility index (Phi) is 3.67. The normalized spacial score (nSPS) is 16.2. The van der Waals surface area contributed by atoms with E-state index in [1.165, 1.54) is 0 Å². The van der Waals surface area contributed by atoms with Gasteiger partial charge in [-0.1, -0.05) is 18.2 Å². The quantitative estimate of drug-likeness (QED) is 0.838. The molecule has 0 atom stereocenters. The molecule has 0 amide bonds. The number of anilines is 2. The van der Waals surface area contributed by atoms with Crippen LogP contribution in [0.15, 0.2) is 48.8 Å². The van der Waals surface area contributed by atoms with E-state index in [4.69, 9.17) is 4.74 Å². The van der Waals surface area contributed by atoms with Crippen LogP contribution in [0.4, 0.5) is 11.6 Å². The van der Waals surface area contributed by atoms with Crippen LogP contribution in [0.2, 0.25) is 0 Å². The fraction of sp³-hybridized carbons (Fsp3) is 0.286. The molecule has 2 aromatic rings. The van der Waals surface area contributed by atoms with Gasteiger partial charge in [0, 0.05) is 25.5 Å². The fourth-order valence-electron chi connectivity index (χ4n) is 2.13. The molecule has 0 bridgehead atoms. The summed E-state index contributed by atoms with van der Waals surface area (Å²) < 4.78 is 5.41. The van der Waals surface area contributed by atoms with Gasteiger partial charge in [-0.15, -0.1) is 0 Å². The lowest BCUT2D eigenvalue weighted by Gasteiger charge is -2.37. The van der Waals surface area contributed by atoms with Gasteiger partial charge in [0.15, 0.2) is 0 Å². The fourth-order valence-corrected chi connectivity index (χ4v) is 2.13. The zero-order valence-corrected chi connectivity index (χ0v) is 10.6. The highest BCUT2D eigenvalue weighted by Crippen LogP contribution is 2.24. The SMILES string of the molecule is c1ccc(N(c2ncccn2)N2CCOCC2)cc1. The third-order valence-electron chi connectivity index (χ3n) is 3.01. The van der Waals surface area contributed by atoms with Crippen molar-refractivity contribution in [2.45, 2.75) is 0 Å². The van der Waals surface area contributed by atoms with E-state index in [2.05, 4.69) is 32.1 Å². The minimum absolute atomic E-state index is 0.690. The van der Waals surface area contributed by atoms with Gasteiger partial charge in [-0.25, -0.2) is 20.0 Å². The molecule has 98 valence electrons. The topological polar surface area (TPSA) is 41.5 Å². The molecule has 1 aromatic carbocycles. The molecule has 0 aliphatic carbocycles. The van der Waals surface area contributed by atoms with Crippen LogP contribution in [0.3, 0.4) is 0 Å². The van der Waals surface area contributed by atoms with E-state index in [0.717, 1.165) is 32.0 Å². The Labute approximate surface area is 112 Å². The van der Waals surface area contributed by atoms with Gasteiger partial charge in [-0.05, 0) is 18.2 Å². The molecule has 0 unspecified atom stereocenters. The maximum atomic E-state index is 5.41. The number of hydrogen-bond donors (Lipinski definition) is 0. The number of para-hydroxylation sites is 1. The second kappa shape index (κ2) is 5.77. The maximum Gasteiger partial charge on any atom is 0.244 e. The average Bonchev–Trinajstić information content (AvgIpc) is 2.51. The van der Waals surface area contributed by atoms with Crippen LogP contribution in [0.25, 0.3) is 0 Å². The maximum absolute atomic E-state index is 5.41. The molecule has 0 spiro atoms. The second-order valence-corrected chi connectivity index (χ2v) is 4.26. The molecular weight excluding hydrogens is 240 g/mol. The van der Waals surface area contributed by atoms with Crippen LogP contribution in [0.5, 0.6) is 0 Å². The highest BCUT2D eigenvalue weighted by molar-refractivity contribution is 5.55. The van der Waals surface area contributed by atoms with Crippen molar-refractivity contribution in [3.8, 4) is 0 Å². The van der Waals surface area contributed by atoms with Crippen LogP contribution >= 0.6 is 0 Å². The standard InChI is InChI=1S/C14H16N4O/c1-2-5-13(6-3-1)18(14-15-7-4-8-16-14)17-9-11-19-12-10-17/h1-8H,9-12H2. The molecule has 0 N–H and O–H groups in total. The van der Waals surface area contributed by atoms with E-state index < -0.39 is 0 Å². The van der Waals surface area contributed by atoms with Crippen LogP contribution in [-0.2, 0) is 4.74 Å². The summed E-state index contributed by atoms with van der Waals surface area (Å²) in [5.74, 6) is 0.690. The zero-order chi connectivity index (χ0) is 12.9. The number of benzene rings is 1. The van der Waals surface area contributed by atoms with E-state index >= 15 is 0 Å². The summed E-state index contributed by atoms with van der Waals surface area (Å²) >= 11 is 0. The molecular formula is C14H16N4O. The van der Waals surface area contributed by atoms with E-state index in [9.17, 15) is 0 Å². The Morgan fingerprint density at radius 2 is 1.63 bits per heavy atom. The molecule has 3 rings (SSSR count). The molecule has 0 radical (unpaired) electrons. The van der Waals surface area contributed by atoms with Gasteiger partial charge in [0.05, 0.1) is 18.9 Å². The summed E-state index contributed by atoms with van der Waals surface area (Å²) in [7, 11) is 0. The number of morpholine rings is 1. The zero-order valence-electron chi connectivity index (χ0n) is 10.6. The average molecular weight is 256 g/mol. The third kappa shape index (κ3) is 2.72. The number of aromatic nitrogens is 2. The van der Waals surface area contributed by atoms with Gasteiger partial charge < -0.3 is 4.74 Å². The molecule has 0 saturated carbocycles. The molecule has 19 heavy (non-hydrogen) atoms. The van der Waals surface area contributed by atoms with E-state index in [0.29, 0.717) is 5.95 Å². The van der Waals surface area contributed by atoms with Gasteiger partial charge in [0.1, 0.15) is 0 Å². The summed E-state index contributed by atoms with van der Waals surface area (Å²) in [5, 5.41) is 4.27. The first-order valence-electron chi connectivity index (χ1n) is 6.40. The van der Waals surface area contributed by atoms with E-state index in [-0.39, 0.29) is 0 Å². The third-order valence-corrected chi connectivity index (χ3v) is 3.01. The first-order chi connectivity index (χ1) is 9.45. The summed E-state index contributed by atoms with van der Waals surface area (Å²) in [5.41, 5.74) is 1.07. The van der Waals surface area contributed by atoms with E-state index in [1.807, 2.05) is 24.3 Å². The summed E-state index contributed by atoms with van der Waals surface area (Å²) in [4.78, 5) is 8.73. The molecule has 1 saturated heterocycles. The monoisotopic (exact) mass is 256 g/mol. The van der Waals surface area contributed by atoms with Crippen molar-refractivity contribution in [3.05, 3.63) is 48.8 Å². The van der Waals surface area contributed by atoms with E-state index in [1.54, 1.807) is 12.4 Å². The smallest absolute Gasteiger partial charge is 0.244 e. The minimum Gasteiger partial charge on any atom is -0.379 e. The molecule has 2 heterocycles. The predicted molar refractivity (Wildman–Crippen MR) is 73.0 cm³/mol. The number of rotatable bonds is 3. The second-order valence-electron chi connectivity index (χ2n) is 4.26. The van der Waals surface area contributed by atoms with Crippen molar-refractivity contribution in [3.63, 3.8) is 0 Å². The van der Waals surface area contributed by atoms with Gasteiger partial charge in [-0.3, -0.25) is 0 Å².